The summed E-state index contributed by atoms with van der Waals surface area (Å²) in [6.07, 6.45) is -0.815. The molecule has 190 valence electrons. The van der Waals surface area contributed by atoms with E-state index in [0.717, 1.165) is 11.1 Å². The number of carbonyl (C=O) groups is 2. The first-order valence-electron chi connectivity index (χ1n) is 11.4. The molecule has 0 heterocycles. The van der Waals surface area contributed by atoms with Crippen LogP contribution < -0.4 is 0 Å². The van der Waals surface area contributed by atoms with Gasteiger partial charge in [-0.25, -0.2) is 9.59 Å². The SMILES string of the molecule is CC(C)(C)c1ccc(C(=O)O)cc1.CC(C)(C)c1ccc(C(=O)O)cc1.CC(O)C(C)C(C)O. The van der Waals surface area contributed by atoms with Gasteiger partial charge in [0.1, 0.15) is 0 Å². The summed E-state index contributed by atoms with van der Waals surface area (Å²) in [6.45, 7) is 17.8. The molecule has 0 aliphatic heterocycles. The number of carboxylic acids is 2. The third-order valence-electron chi connectivity index (χ3n) is 5.52. The summed E-state index contributed by atoms with van der Waals surface area (Å²) in [5.74, 6) is -1.77. The van der Waals surface area contributed by atoms with Gasteiger partial charge in [-0.15, -0.1) is 0 Å². The van der Waals surface area contributed by atoms with Crippen molar-refractivity contribution < 1.29 is 30.0 Å². The Morgan fingerprint density at radius 2 is 0.824 bits per heavy atom. The second-order valence-electron chi connectivity index (χ2n) is 10.6. The largest absolute Gasteiger partial charge is 0.478 e. The van der Waals surface area contributed by atoms with Gasteiger partial charge in [0.15, 0.2) is 0 Å². The van der Waals surface area contributed by atoms with Crippen LogP contribution in [0, 0.1) is 5.92 Å². The maximum absolute atomic E-state index is 10.6. The Kier molecular flexibility index (Phi) is 12.2. The van der Waals surface area contributed by atoms with E-state index in [9.17, 15) is 9.59 Å². The van der Waals surface area contributed by atoms with Crippen LogP contribution in [0.2, 0.25) is 0 Å². The molecule has 2 rings (SSSR count). The average molecular weight is 475 g/mol. The van der Waals surface area contributed by atoms with Gasteiger partial charge in [-0.05, 0) is 60.1 Å². The van der Waals surface area contributed by atoms with E-state index in [2.05, 4.69) is 41.5 Å². The molecule has 0 saturated carbocycles. The zero-order valence-corrected chi connectivity index (χ0v) is 22.0. The van der Waals surface area contributed by atoms with E-state index in [1.165, 1.54) is 0 Å². The molecule has 0 bridgehead atoms. The minimum atomic E-state index is -0.875. The van der Waals surface area contributed by atoms with Crippen LogP contribution in [0.3, 0.4) is 0 Å². The fraction of sp³-hybridized carbons (Fsp3) is 0.500. The van der Waals surface area contributed by atoms with Crippen molar-refractivity contribution in [3.63, 3.8) is 0 Å². The van der Waals surface area contributed by atoms with Crippen molar-refractivity contribution in [1.82, 2.24) is 0 Å². The van der Waals surface area contributed by atoms with Crippen molar-refractivity contribution in [2.45, 2.75) is 85.4 Å². The first-order valence-corrected chi connectivity index (χ1v) is 11.4. The predicted octanol–water partition coefficient (Wildman–Crippen LogP) is 5.75. The van der Waals surface area contributed by atoms with Gasteiger partial charge in [-0.2, -0.15) is 0 Å². The van der Waals surface area contributed by atoms with Crippen LogP contribution >= 0.6 is 0 Å². The third kappa shape index (κ3) is 11.4. The topological polar surface area (TPSA) is 115 Å². The minimum Gasteiger partial charge on any atom is -0.478 e. The second kappa shape index (κ2) is 13.3. The molecule has 2 unspecified atom stereocenters. The average Bonchev–Trinajstić information content (AvgIpc) is 2.72. The van der Waals surface area contributed by atoms with Gasteiger partial charge in [0.05, 0.1) is 23.3 Å². The maximum Gasteiger partial charge on any atom is 0.335 e. The second-order valence-corrected chi connectivity index (χ2v) is 10.6. The Balaban J connectivity index is 0.000000497. The summed E-state index contributed by atoms with van der Waals surface area (Å²) in [6, 6.07) is 14.0. The summed E-state index contributed by atoms with van der Waals surface area (Å²) in [4.78, 5) is 21.1. The number of aliphatic hydroxyl groups excluding tert-OH is 2. The van der Waals surface area contributed by atoms with Crippen LogP contribution in [-0.2, 0) is 10.8 Å². The van der Waals surface area contributed by atoms with E-state index in [1.807, 2.05) is 31.2 Å². The molecule has 2 aromatic rings. The molecule has 2 atom stereocenters. The molecule has 2 aromatic carbocycles. The van der Waals surface area contributed by atoms with Crippen LogP contribution in [0.25, 0.3) is 0 Å². The van der Waals surface area contributed by atoms with E-state index in [-0.39, 0.29) is 16.7 Å². The van der Waals surface area contributed by atoms with Crippen LogP contribution in [0.5, 0.6) is 0 Å². The highest BCUT2D eigenvalue weighted by Crippen LogP contribution is 2.23. The molecular formula is C28H42O6. The molecule has 0 spiro atoms. The monoisotopic (exact) mass is 474 g/mol. The lowest BCUT2D eigenvalue weighted by atomic mass is 9.87. The van der Waals surface area contributed by atoms with E-state index in [0.29, 0.717) is 11.1 Å². The molecule has 0 amide bonds. The van der Waals surface area contributed by atoms with Crippen molar-refractivity contribution in [3.05, 3.63) is 70.8 Å². The van der Waals surface area contributed by atoms with Gasteiger partial charge < -0.3 is 20.4 Å². The molecule has 34 heavy (non-hydrogen) atoms. The molecule has 0 saturated heterocycles. The molecule has 4 N–H and O–H groups in total. The smallest absolute Gasteiger partial charge is 0.335 e. The van der Waals surface area contributed by atoms with Gasteiger partial charge >= 0.3 is 11.9 Å². The van der Waals surface area contributed by atoms with Gasteiger partial charge in [0.25, 0.3) is 0 Å². The number of aromatic carboxylic acids is 2. The first-order chi connectivity index (χ1) is 15.4. The molecule has 6 heteroatoms. The number of rotatable bonds is 4. The molecule has 0 aliphatic rings. The third-order valence-corrected chi connectivity index (χ3v) is 5.52. The fourth-order valence-electron chi connectivity index (χ4n) is 2.63. The van der Waals surface area contributed by atoms with Gasteiger partial charge in [-0.1, -0.05) is 72.7 Å². The summed E-state index contributed by atoms with van der Waals surface area (Å²) >= 11 is 0. The lowest BCUT2D eigenvalue weighted by Gasteiger charge is -2.18. The van der Waals surface area contributed by atoms with E-state index in [4.69, 9.17) is 20.4 Å². The van der Waals surface area contributed by atoms with E-state index >= 15 is 0 Å². The van der Waals surface area contributed by atoms with Crippen LogP contribution in [0.1, 0.15) is 94.2 Å². The Hall–Kier alpha value is -2.70. The van der Waals surface area contributed by atoms with Crippen molar-refractivity contribution >= 4 is 11.9 Å². The Morgan fingerprint density at radius 1 is 0.588 bits per heavy atom. The van der Waals surface area contributed by atoms with Gasteiger partial charge in [-0.3, -0.25) is 0 Å². The van der Waals surface area contributed by atoms with E-state index in [1.54, 1.807) is 38.1 Å². The van der Waals surface area contributed by atoms with Gasteiger partial charge in [0.2, 0.25) is 0 Å². The highest BCUT2D eigenvalue weighted by atomic mass is 16.4. The molecule has 0 fully saturated rings. The van der Waals surface area contributed by atoms with Gasteiger partial charge in [0, 0.05) is 5.92 Å². The summed E-state index contributed by atoms with van der Waals surface area (Å²) in [5.41, 5.74) is 3.14. The Morgan fingerprint density at radius 3 is 0.941 bits per heavy atom. The zero-order chi connectivity index (χ0) is 26.9. The molecule has 6 nitrogen and oxygen atoms in total. The number of hydrogen-bond donors (Lipinski definition) is 4. The fourth-order valence-corrected chi connectivity index (χ4v) is 2.63. The Bertz CT molecular complexity index is 807. The molecule has 0 aliphatic carbocycles. The summed E-state index contributed by atoms with van der Waals surface area (Å²) < 4.78 is 0. The number of benzene rings is 2. The number of aliphatic hydroxyl groups is 2. The lowest BCUT2D eigenvalue weighted by molar-refractivity contribution is 0.0420. The van der Waals surface area contributed by atoms with Crippen LogP contribution in [0.15, 0.2) is 48.5 Å². The van der Waals surface area contributed by atoms with E-state index < -0.39 is 24.1 Å². The number of hydrogen-bond acceptors (Lipinski definition) is 4. The van der Waals surface area contributed by atoms with Crippen molar-refractivity contribution in [1.29, 1.82) is 0 Å². The van der Waals surface area contributed by atoms with Crippen LogP contribution in [-0.4, -0.2) is 44.6 Å². The summed E-state index contributed by atoms with van der Waals surface area (Å²) in [7, 11) is 0. The standard InChI is InChI=1S/2C11H14O2.C6H14O2/c2*1-11(2,3)9-6-4-8(5-7-9)10(12)13;1-4(5(2)7)6(3)8/h2*4-7H,1-3H3,(H,12,13);4-8H,1-3H3. The predicted molar refractivity (Wildman–Crippen MR) is 137 cm³/mol. The lowest BCUT2D eigenvalue weighted by Crippen LogP contribution is -2.24. The summed E-state index contributed by atoms with van der Waals surface area (Å²) in [5, 5.41) is 35.0. The molecular weight excluding hydrogens is 432 g/mol. The zero-order valence-electron chi connectivity index (χ0n) is 22.0. The molecule has 0 aromatic heterocycles. The molecule has 0 radical (unpaired) electrons. The van der Waals surface area contributed by atoms with Crippen molar-refractivity contribution in [2.75, 3.05) is 0 Å². The van der Waals surface area contributed by atoms with Crippen molar-refractivity contribution in [3.8, 4) is 0 Å². The number of carboxylic acid groups (broad SMARTS) is 2. The normalized spacial score (nSPS) is 13.9. The van der Waals surface area contributed by atoms with Crippen LogP contribution in [0.4, 0.5) is 0 Å². The maximum atomic E-state index is 10.6. The highest BCUT2D eigenvalue weighted by molar-refractivity contribution is 5.88. The quantitative estimate of drug-likeness (QED) is 0.449. The first kappa shape index (κ1) is 31.3. The Labute approximate surface area is 204 Å². The highest BCUT2D eigenvalue weighted by Gasteiger charge is 2.15. The minimum absolute atomic E-state index is 0.0185. The van der Waals surface area contributed by atoms with Crippen molar-refractivity contribution in [2.24, 2.45) is 5.92 Å².